The summed E-state index contributed by atoms with van der Waals surface area (Å²) in [6.45, 7) is 3.20. The molecule has 0 saturated heterocycles. The highest BCUT2D eigenvalue weighted by Gasteiger charge is 2.38. The lowest BCUT2D eigenvalue weighted by Gasteiger charge is -2.36. The van der Waals surface area contributed by atoms with Crippen LogP contribution in [0.3, 0.4) is 0 Å². The molecular formula is C19H20N2O2S2. The van der Waals surface area contributed by atoms with E-state index in [0.717, 1.165) is 22.6 Å². The molecule has 0 N–H and O–H groups in total. The van der Waals surface area contributed by atoms with Gasteiger partial charge in [-0.05, 0) is 36.2 Å². The highest BCUT2D eigenvalue weighted by molar-refractivity contribution is 7.91. The molecule has 3 aromatic rings. The summed E-state index contributed by atoms with van der Waals surface area (Å²) in [5, 5.41) is 0. The fourth-order valence-electron chi connectivity index (χ4n) is 3.40. The minimum absolute atomic E-state index is 0.290. The Kier molecular flexibility index (Phi) is 4.27. The maximum atomic E-state index is 13.4. The SMILES string of the molecule is CCc1ccc(S(=O)(=O)N2CCn3cccc3C2c2ccccc2)s1. The van der Waals surface area contributed by atoms with Crippen LogP contribution in [-0.4, -0.2) is 23.8 Å². The first kappa shape index (κ1) is 16.6. The van der Waals surface area contributed by atoms with Crippen LogP contribution < -0.4 is 0 Å². The molecule has 0 saturated carbocycles. The summed E-state index contributed by atoms with van der Waals surface area (Å²) >= 11 is 1.38. The van der Waals surface area contributed by atoms with E-state index in [0.29, 0.717) is 17.3 Å². The van der Waals surface area contributed by atoms with Gasteiger partial charge in [-0.3, -0.25) is 0 Å². The molecule has 0 fully saturated rings. The number of benzene rings is 1. The van der Waals surface area contributed by atoms with Crippen molar-refractivity contribution in [3.8, 4) is 0 Å². The van der Waals surface area contributed by atoms with Gasteiger partial charge in [0.15, 0.2) is 0 Å². The molecular weight excluding hydrogens is 352 g/mol. The average Bonchev–Trinajstić information content (AvgIpc) is 3.30. The summed E-state index contributed by atoms with van der Waals surface area (Å²) in [4.78, 5) is 1.09. The third kappa shape index (κ3) is 2.84. The first-order valence-corrected chi connectivity index (χ1v) is 10.7. The fraction of sp³-hybridized carbons (Fsp3) is 0.263. The Balaban J connectivity index is 1.82. The quantitative estimate of drug-likeness (QED) is 0.697. The molecule has 0 bridgehead atoms. The van der Waals surface area contributed by atoms with E-state index in [1.165, 1.54) is 11.3 Å². The van der Waals surface area contributed by atoms with Gasteiger partial charge in [0.05, 0.1) is 6.04 Å². The molecule has 0 aliphatic carbocycles. The predicted molar refractivity (Wildman–Crippen MR) is 100 cm³/mol. The molecule has 1 aromatic carbocycles. The van der Waals surface area contributed by atoms with E-state index in [4.69, 9.17) is 0 Å². The highest BCUT2D eigenvalue weighted by Crippen LogP contribution is 2.37. The Morgan fingerprint density at radius 2 is 1.84 bits per heavy atom. The van der Waals surface area contributed by atoms with E-state index >= 15 is 0 Å². The maximum Gasteiger partial charge on any atom is 0.253 e. The number of sulfonamides is 1. The van der Waals surface area contributed by atoms with E-state index in [9.17, 15) is 8.42 Å². The molecule has 4 rings (SSSR count). The van der Waals surface area contributed by atoms with Gasteiger partial charge < -0.3 is 4.57 Å². The number of thiophene rings is 1. The minimum Gasteiger partial charge on any atom is -0.348 e. The molecule has 1 atom stereocenters. The van der Waals surface area contributed by atoms with Gasteiger partial charge in [-0.1, -0.05) is 37.3 Å². The molecule has 0 spiro atoms. The topological polar surface area (TPSA) is 42.3 Å². The fourth-order valence-corrected chi connectivity index (χ4v) is 6.40. The van der Waals surface area contributed by atoms with Gasteiger partial charge in [0.2, 0.25) is 0 Å². The van der Waals surface area contributed by atoms with Crippen LogP contribution in [0.15, 0.2) is 65.0 Å². The van der Waals surface area contributed by atoms with Gasteiger partial charge in [-0.15, -0.1) is 11.3 Å². The average molecular weight is 373 g/mol. The number of aryl methyl sites for hydroxylation is 1. The molecule has 6 heteroatoms. The Hall–Kier alpha value is -1.89. The van der Waals surface area contributed by atoms with Crippen LogP contribution >= 0.6 is 11.3 Å². The summed E-state index contributed by atoms with van der Waals surface area (Å²) in [5.74, 6) is 0. The normalized spacial score (nSPS) is 18.2. The summed E-state index contributed by atoms with van der Waals surface area (Å²) in [6.07, 6.45) is 2.88. The number of nitrogens with zero attached hydrogens (tertiary/aromatic N) is 2. The Morgan fingerprint density at radius 3 is 2.56 bits per heavy atom. The van der Waals surface area contributed by atoms with Crippen LogP contribution in [0.2, 0.25) is 0 Å². The van der Waals surface area contributed by atoms with Crippen molar-refractivity contribution < 1.29 is 8.42 Å². The molecule has 1 unspecified atom stereocenters. The smallest absolute Gasteiger partial charge is 0.253 e. The molecule has 0 radical (unpaired) electrons. The largest absolute Gasteiger partial charge is 0.348 e. The number of fused-ring (bicyclic) bond motifs is 1. The Labute approximate surface area is 152 Å². The van der Waals surface area contributed by atoms with Gasteiger partial charge in [-0.2, -0.15) is 4.31 Å². The van der Waals surface area contributed by atoms with E-state index in [-0.39, 0.29) is 6.04 Å². The number of hydrogen-bond donors (Lipinski definition) is 0. The lowest BCUT2D eigenvalue weighted by molar-refractivity contribution is 0.299. The van der Waals surface area contributed by atoms with Crippen LogP contribution in [-0.2, 0) is 23.0 Å². The first-order valence-electron chi connectivity index (χ1n) is 8.42. The van der Waals surface area contributed by atoms with Crippen molar-refractivity contribution in [2.75, 3.05) is 6.54 Å². The second-order valence-electron chi connectivity index (χ2n) is 6.13. The molecule has 4 nitrogen and oxygen atoms in total. The molecule has 1 aliphatic rings. The summed E-state index contributed by atoms with van der Waals surface area (Å²) < 4.78 is 31.0. The zero-order valence-corrected chi connectivity index (χ0v) is 15.6. The van der Waals surface area contributed by atoms with Crippen LogP contribution in [0.4, 0.5) is 0 Å². The van der Waals surface area contributed by atoms with Crippen LogP contribution in [0.5, 0.6) is 0 Å². The third-order valence-electron chi connectivity index (χ3n) is 4.66. The summed E-state index contributed by atoms with van der Waals surface area (Å²) in [6, 6.07) is 17.3. The van der Waals surface area contributed by atoms with Crippen molar-refractivity contribution in [3.05, 3.63) is 76.9 Å². The van der Waals surface area contributed by atoms with Gasteiger partial charge >= 0.3 is 0 Å². The molecule has 3 heterocycles. The minimum atomic E-state index is -3.53. The zero-order valence-electron chi connectivity index (χ0n) is 14.0. The summed E-state index contributed by atoms with van der Waals surface area (Å²) in [5.41, 5.74) is 2.02. The standard InChI is InChI=1S/C19H20N2O2S2/c1-2-16-10-11-18(24-16)25(22,23)21-14-13-20-12-6-9-17(20)19(21)15-7-4-3-5-8-15/h3-12,19H,2,13-14H2,1H3. The lowest BCUT2D eigenvalue weighted by Crippen LogP contribution is -2.42. The van der Waals surface area contributed by atoms with Crippen molar-refractivity contribution in [2.45, 2.75) is 30.1 Å². The van der Waals surface area contributed by atoms with Crippen LogP contribution in [0.25, 0.3) is 0 Å². The van der Waals surface area contributed by atoms with E-state index in [1.807, 2.05) is 61.7 Å². The second-order valence-corrected chi connectivity index (χ2v) is 9.42. The highest BCUT2D eigenvalue weighted by atomic mass is 32.2. The van der Waals surface area contributed by atoms with Gasteiger partial charge in [0, 0.05) is 29.9 Å². The number of rotatable bonds is 4. The monoisotopic (exact) mass is 372 g/mol. The van der Waals surface area contributed by atoms with Gasteiger partial charge in [0.25, 0.3) is 10.0 Å². The molecule has 2 aromatic heterocycles. The number of hydrogen-bond acceptors (Lipinski definition) is 3. The van der Waals surface area contributed by atoms with Crippen molar-refractivity contribution in [3.63, 3.8) is 0 Å². The molecule has 25 heavy (non-hydrogen) atoms. The van der Waals surface area contributed by atoms with E-state index in [2.05, 4.69) is 4.57 Å². The zero-order chi connectivity index (χ0) is 17.4. The van der Waals surface area contributed by atoms with Crippen LogP contribution in [0, 0.1) is 0 Å². The maximum absolute atomic E-state index is 13.4. The molecule has 0 amide bonds. The third-order valence-corrected chi connectivity index (χ3v) is 8.22. The molecule has 1 aliphatic heterocycles. The summed E-state index contributed by atoms with van der Waals surface area (Å²) in [7, 11) is -3.53. The van der Waals surface area contributed by atoms with Crippen molar-refractivity contribution in [1.29, 1.82) is 0 Å². The van der Waals surface area contributed by atoms with Gasteiger partial charge in [0.1, 0.15) is 4.21 Å². The lowest BCUT2D eigenvalue weighted by atomic mass is 10.0. The number of aromatic nitrogens is 1. The van der Waals surface area contributed by atoms with Crippen molar-refractivity contribution >= 4 is 21.4 Å². The Bertz CT molecular complexity index is 974. The van der Waals surface area contributed by atoms with Crippen molar-refractivity contribution in [1.82, 2.24) is 8.87 Å². The van der Waals surface area contributed by atoms with E-state index in [1.54, 1.807) is 10.4 Å². The van der Waals surface area contributed by atoms with Crippen molar-refractivity contribution in [2.24, 2.45) is 0 Å². The van der Waals surface area contributed by atoms with E-state index < -0.39 is 10.0 Å². The predicted octanol–water partition coefficient (Wildman–Crippen LogP) is 3.91. The molecule has 130 valence electrons. The van der Waals surface area contributed by atoms with Gasteiger partial charge in [-0.25, -0.2) is 8.42 Å². The second kappa shape index (κ2) is 6.44. The first-order chi connectivity index (χ1) is 12.1. The van der Waals surface area contributed by atoms with Crippen LogP contribution in [0.1, 0.15) is 29.1 Å². The Morgan fingerprint density at radius 1 is 1.04 bits per heavy atom.